The van der Waals surface area contributed by atoms with Crippen LogP contribution in [0.5, 0.6) is 0 Å². The Kier molecular flexibility index (Phi) is 4.54. The Morgan fingerprint density at radius 1 is 1.53 bits per heavy atom. The van der Waals surface area contributed by atoms with Gasteiger partial charge in [0.1, 0.15) is 4.90 Å². The van der Waals surface area contributed by atoms with E-state index in [1.165, 1.54) is 10.5 Å². The molecule has 17 heavy (non-hydrogen) atoms. The van der Waals surface area contributed by atoms with Crippen LogP contribution in [0, 0.1) is 6.92 Å². The summed E-state index contributed by atoms with van der Waals surface area (Å²) in [7, 11) is -3.38. The third-order valence-corrected chi connectivity index (χ3v) is 4.71. The van der Waals surface area contributed by atoms with E-state index in [4.69, 9.17) is 0 Å². The van der Waals surface area contributed by atoms with Crippen LogP contribution in [-0.4, -0.2) is 48.6 Å². The number of nitrogens with zero attached hydrogens (tertiary/aromatic N) is 2. The van der Waals surface area contributed by atoms with Crippen LogP contribution in [0.25, 0.3) is 0 Å². The van der Waals surface area contributed by atoms with E-state index in [-0.39, 0.29) is 23.3 Å². The summed E-state index contributed by atoms with van der Waals surface area (Å²) < 4.78 is 26.0. The van der Waals surface area contributed by atoms with Crippen molar-refractivity contribution in [3.8, 4) is 0 Å². The van der Waals surface area contributed by atoms with Crippen LogP contribution < -0.4 is 5.32 Å². The second kappa shape index (κ2) is 5.34. The zero-order valence-electron chi connectivity index (χ0n) is 9.80. The predicted octanol–water partition coefficient (Wildman–Crippen LogP) is 0.122. The molecule has 98 valence electrons. The number of nitrogens with one attached hydrogen (secondary N) is 2. The van der Waals surface area contributed by atoms with Gasteiger partial charge in [0.2, 0.25) is 10.0 Å². The van der Waals surface area contributed by atoms with Crippen molar-refractivity contribution in [2.24, 2.45) is 0 Å². The zero-order valence-corrected chi connectivity index (χ0v) is 11.4. The van der Waals surface area contributed by atoms with E-state index in [1.807, 2.05) is 6.92 Å². The van der Waals surface area contributed by atoms with Gasteiger partial charge in [0, 0.05) is 25.7 Å². The quantitative estimate of drug-likeness (QED) is 0.807. The molecule has 1 aliphatic heterocycles. The number of H-pyrrole nitrogens is 1. The Morgan fingerprint density at radius 3 is 2.76 bits per heavy atom. The molecular weight excluding hydrogens is 264 g/mol. The Balaban J connectivity index is 0.00000144. The molecule has 1 aromatic heterocycles. The van der Waals surface area contributed by atoms with Crippen molar-refractivity contribution >= 4 is 22.4 Å². The molecule has 0 unspecified atom stereocenters. The van der Waals surface area contributed by atoms with E-state index in [9.17, 15) is 8.42 Å². The molecule has 0 amide bonds. The second-order valence-corrected chi connectivity index (χ2v) is 5.98. The van der Waals surface area contributed by atoms with Gasteiger partial charge in [-0.05, 0) is 13.8 Å². The van der Waals surface area contributed by atoms with Gasteiger partial charge in [-0.25, -0.2) is 8.42 Å². The molecule has 2 rings (SSSR count). The SMILES string of the molecule is Cc1[nH]ncc1S(=O)(=O)N1CCN[C@@H](C)C1.Cl. The van der Waals surface area contributed by atoms with Gasteiger partial charge in [0.15, 0.2) is 0 Å². The maximum absolute atomic E-state index is 12.3. The van der Waals surface area contributed by atoms with E-state index < -0.39 is 10.0 Å². The highest BCUT2D eigenvalue weighted by atomic mass is 35.5. The average molecular weight is 281 g/mol. The predicted molar refractivity (Wildman–Crippen MR) is 66.8 cm³/mol. The molecule has 8 heteroatoms. The lowest BCUT2D eigenvalue weighted by Gasteiger charge is -2.30. The van der Waals surface area contributed by atoms with Crippen molar-refractivity contribution < 1.29 is 8.42 Å². The molecule has 0 spiro atoms. The van der Waals surface area contributed by atoms with Crippen molar-refractivity contribution in [3.05, 3.63) is 11.9 Å². The van der Waals surface area contributed by atoms with Crippen LogP contribution in [0.2, 0.25) is 0 Å². The van der Waals surface area contributed by atoms with Crippen molar-refractivity contribution in [2.75, 3.05) is 19.6 Å². The Hall–Kier alpha value is -0.630. The van der Waals surface area contributed by atoms with E-state index in [0.29, 0.717) is 25.3 Å². The third-order valence-electron chi connectivity index (χ3n) is 2.73. The van der Waals surface area contributed by atoms with E-state index in [2.05, 4.69) is 15.5 Å². The molecule has 0 aromatic carbocycles. The first-order chi connectivity index (χ1) is 7.51. The fourth-order valence-electron chi connectivity index (χ4n) is 1.85. The average Bonchev–Trinajstić information content (AvgIpc) is 2.65. The van der Waals surface area contributed by atoms with Crippen LogP contribution in [0.1, 0.15) is 12.6 Å². The van der Waals surface area contributed by atoms with E-state index in [1.54, 1.807) is 6.92 Å². The number of hydrogen-bond donors (Lipinski definition) is 2. The van der Waals surface area contributed by atoms with Gasteiger partial charge >= 0.3 is 0 Å². The second-order valence-electron chi connectivity index (χ2n) is 4.08. The normalized spacial score (nSPS) is 22.1. The molecule has 1 atom stereocenters. The Labute approximate surface area is 107 Å². The van der Waals surface area contributed by atoms with Crippen molar-refractivity contribution in [3.63, 3.8) is 0 Å². The van der Waals surface area contributed by atoms with Crippen LogP contribution in [0.15, 0.2) is 11.1 Å². The minimum Gasteiger partial charge on any atom is -0.312 e. The topological polar surface area (TPSA) is 78.1 Å². The van der Waals surface area contributed by atoms with Gasteiger partial charge in [-0.1, -0.05) is 0 Å². The fraction of sp³-hybridized carbons (Fsp3) is 0.667. The number of sulfonamides is 1. The third kappa shape index (κ3) is 2.79. The minimum absolute atomic E-state index is 0. The van der Waals surface area contributed by atoms with Crippen LogP contribution in [-0.2, 0) is 10.0 Å². The summed E-state index contributed by atoms with van der Waals surface area (Å²) in [5.41, 5.74) is 0.589. The van der Waals surface area contributed by atoms with Gasteiger partial charge in [-0.3, -0.25) is 5.10 Å². The largest absolute Gasteiger partial charge is 0.312 e. The van der Waals surface area contributed by atoms with Crippen molar-refractivity contribution in [1.29, 1.82) is 0 Å². The van der Waals surface area contributed by atoms with Gasteiger partial charge in [0.25, 0.3) is 0 Å². The number of piperazine rings is 1. The number of rotatable bonds is 2. The fourth-order valence-corrected chi connectivity index (χ4v) is 3.50. The molecule has 1 aliphatic rings. The summed E-state index contributed by atoms with van der Waals surface area (Å²) in [6.45, 7) is 5.40. The standard InChI is InChI=1S/C9H16N4O2S.ClH/c1-7-6-13(4-3-10-7)16(14,15)9-5-11-12-8(9)2;/h5,7,10H,3-4,6H2,1-2H3,(H,11,12);1H/t7-;/m0./s1. The lowest BCUT2D eigenvalue weighted by Crippen LogP contribution is -2.51. The summed E-state index contributed by atoms with van der Waals surface area (Å²) in [6.07, 6.45) is 1.37. The van der Waals surface area contributed by atoms with Crippen molar-refractivity contribution in [1.82, 2.24) is 19.8 Å². The molecule has 0 bridgehead atoms. The van der Waals surface area contributed by atoms with Gasteiger partial charge in [0.05, 0.1) is 11.9 Å². The highest BCUT2D eigenvalue weighted by Crippen LogP contribution is 2.18. The monoisotopic (exact) mass is 280 g/mol. The smallest absolute Gasteiger partial charge is 0.246 e. The highest BCUT2D eigenvalue weighted by Gasteiger charge is 2.30. The van der Waals surface area contributed by atoms with Crippen LogP contribution in [0.4, 0.5) is 0 Å². The lowest BCUT2D eigenvalue weighted by molar-refractivity contribution is 0.310. The summed E-state index contributed by atoms with van der Waals surface area (Å²) in [5.74, 6) is 0. The lowest BCUT2D eigenvalue weighted by atomic mass is 10.3. The van der Waals surface area contributed by atoms with Crippen LogP contribution in [0.3, 0.4) is 0 Å². The maximum atomic E-state index is 12.3. The number of aromatic amines is 1. The molecule has 1 fully saturated rings. The summed E-state index contributed by atoms with van der Waals surface area (Å²) >= 11 is 0. The first kappa shape index (κ1) is 14.4. The number of halogens is 1. The molecule has 1 aromatic rings. The molecule has 2 N–H and O–H groups in total. The van der Waals surface area contributed by atoms with Gasteiger partial charge in [-0.2, -0.15) is 9.40 Å². The molecule has 0 saturated carbocycles. The molecule has 6 nitrogen and oxygen atoms in total. The van der Waals surface area contributed by atoms with Crippen LogP contribution >= 0.6 is 12.4 Å². The molecule has 2 heterocycles. The first-order valence-electron chi connectivity index (χ1n) is 5.25. The Morgan fingerprint density at radius 2 is 2.24 bits per heavy atom. The molecule has 0 radical (unpaired) electrons. The Bertz CT molecular complexity index is 473. The highest BCUT2D eigenvalue weighted by molar-refractivity contribution is 7.89. The van der Waals surface area contributed by atoms with Gasteiger partial charge in [-0.15, -0.1) is 12.4 Å². The summed E-state index contributed by atoms with van der Waals surface area (Å²) in [6, 6.07) is 0.190. The molecular formula is C9H17ClN4O2S. The van der Waals surface area contributed by atoms with E-state index >= 15 is 0 Å². The zero-order chi connectivity index (χ0) is 11.8. The molecule has 0 aliphatic carbocycles. The van der Waals surface area contributed by atoms with Gasteiger partial charge < -0.3 is 5.32 Å². The summed E-state index contributed by atoms with van der Waals surface area (Å²) in [5, 5.41) is 9.62. The van der Waals surface area contributed by atoms with Crippen molar-refractivity contribution in [2.45, 2.75) is 24.8 Å². The number of hydrogen-bond acceptors (Lipinski definition) is 4. The molecule has 1 saturated heterocycles. The minimum atomic E-state index is -3.38. The first-order valence-corrected chi connectivity index (χ1v) is 6.69. The van der Waals surface area contributed by atoms with E-state index in [0.717, 1.165) is 0 Å². The number of aryl methyl sites for hydroxylation is 1. The number of aromatic nitrogens is 2. The summed E-state index contributed by atoms with van der Waals surface area (Å²) in [4.78, 5) is 0.279. The maximum Gasteiger partial charge on any atom is 0.246 e.